The van der Waals surface area contributed by atoms with Gasteiger partial charge in [-0.3, -0.25) is 24.2 Å². The number of benzene rings is 1. The third-order valence-corrected chi connectivity index (χ3v) is 5.98. The van der Waals surface area contributed by atoms with Crippen molar-refractivity contribution in [2.75, 3.05) is 18.4 Å². The van der Waals surface area contributed by atoms with Crippen LogP contribution in [-0.4, -0.2) is 66.1 Å². The second-order valence-corrected chi connectivity index (χ2v) is 8.85. The first-order valence-corrected chi connectivity index (χ1v) is 10.6. The van der Waals surface area contributed by atoms with Crippen LogP contribution in [0, 0.1) is 11.8 Å². The maximum atomic E-state index is 13.0. The Balaban J connectivity index is 2.04. The van der Waals surface area contributed by atoms with Gasteiger partial charge in [0.15, 0.2) is 5.92 Å². The fourth-order valence-corrected chi connectivity index (χ4v) is 4.27. The summed E-state index contributed by atoms with van der Waals surface area (Å²) in [5, 5.41) is 11.8. The lowest BCUT2D eigenvalue weighted by Crippen LogP contribution is -2.63. The van der Waals surface area contributed by atoms with Crippen molar-refractivity contribution < 1.29 is 32.7 Å². The molecule has 2 N–H and O–H groups in total. The number of sulfonamides is 1. The Morgan fingerprint density at radius 2 is 1.80 bits per heavy atom. The first-order valence-electron chi connectivity index (χ1n) is 9.12. The molecule has 4 amide bonds. The number of hydrogen-bond acceptors (Lipinski definition) is 7. The van der Waals surface area contributed by atoms with Crippen LogP contribution >= 0.6 is 0 Å². The zero-order valence-electron chi connectivity index (χ0n) is 16.2. The lowest BCUT2D eigenvalue weighted by atomic mass is 10.0. The number of aliphatic carboxylic acids is 1. The van der Waals surface area contributed by atoms with E-state index in [2.05, 4.69) is 9.71 Å². The van der Waals surface area contributed by atoms with E-state index in [9.17, 15) is 27.6 Å². The Morgan fingerprint density at radius 1 is 1.17 bits per heavy atom. The summed E-state index contributed by atoms with van der Waals surface area (Å²) in [6.45, 7) is 2.72. The molecule has 1 unspecified atom stereocenters. The molecule has 30 heavy (non-hydrogen) atoms. The third kappa shape index (κ3) is 3.90. The Labute approximate surface area is 172 Å². The number of hydrogen-bond donors (Lipinski definition) is 2. The van der Waals surface area contributed by atoms with Crippen LogP contribution in [0.1, 0.15) is 20.3 Å². The fourth-order valence-electron chi connectivity index (χ4n) is 3.12. The highest BCUT2D eigenvalue weighted by Gasteiger charge is 2.50. The first kappa shape index (κ1) is 21.4. The number of urea groups is 1. The van der Waals surface area contributed by atoms with Crippen molar-refractivity contribution >= 4 is 45.4 Å². The number of amidine groups is 1. The summed E-state index contributed by atoms with van der Waals surface area (Å²) in [4.78, 5) is 50.7. The van der Waals surface area contributed by atoms with Gasteiger partial charge in [-0.1, -0.05) is 26.0 Å². The molecule has 0 aromatic heterocycles. The molecule has 0 bridgehead atoms. The fraction of sp³-hybridized carbons (Fsp3) is 0.389. The predicted molar refractivity (Wildman–Crippen MR) is 104 cm³/mol. The van der Waals surface area contributed by atoms with Crippen LogP contribution in [-0.2, 0) is 24.4 Å². The van der Waals surface area contributed by atoms with Crippen molar-refractivity contribution in [2.24, 2.45) is 16.2 Å². The Hall–Kier alpha value is -3.28. The minimum absolute atomic E-state index is 0.0498. The van der Waals surface area contributed by atoms with Gasteiger partial charge >= 0.3 is 12.0 Å². The number of imide groups is 2. The predicted octanol–water partition coefficient (Wildman–Crippen LogP) is 0.737. The molecular weight excluding hydrogens is 416 g/mol. The van der Waals surface area contributed by atoms with Gasteiger partial charge in [0.05, 0.1) is 5.69 Å². The van der Waals surface area contributed by atoms with Crippen LogP contribution < -0.4 is 5.32 Å². The van der Waals surface area contributed by atoms with Crippen molar-refractivity contribution in [3.05, 3.63) is 24.3 Å². The second-order valence-electron chi connectivity index (χ2n) is 7.28. The molecule has 2 aliphatic heterocycles. The van der Waals surface area contributed by atoms with Gasteiger partial charge < -0.3 is 10.4 Å². The van der Waals surface area contributed by atoms with E-state index < -0.39 is 52.1 Å². The number of amides is 4. The lowest BCUT2D eigenvalue weighted by molar-refractivity contribution is -0.151. The molecule has 2 aliphatic rings. The number of anilines is 1. The highest BCUT2D eigenvalue weighted by Crippen LogP contribution is 2.30. The molecule has 1 aromatic rings. The van der Waals surface area contributed by atoms with Crippen LogP contribution in [0.4, 0.5) is 10.5 Å². The molecule has 1 aromatic carbocycles. The number of nitrogens with one attached hydrogen (secondary N) is 1. The number of barbiturate groups is 1. The van der Waals surface area contributed by atoms with Gasteiger partial charge in [-0.15, -0.1) is 4.40 Å². The summed E-state index contributed by atoms with van der Waals surface area (Å²) in [7, 11) is -4.20. The number of nitrogens with zero attached hydrogens (tertiary/aromatic N) is 3. The van der Waals surface area contributed by atoms with Gasteiger partial charge in [0.2, 0.25) is 0 Å². The van der Waals surface area contributed by atoms with E-state index in [4.69, 9.17) is 5.11 Å². The van der Waals surface area contributed by atoms with Crippen molar-refractivity contribution in [3.63, 3.8) is 0 Å². The summed E-state index contributed by atoms with van der Waals surface area (Å²) in [5.74, 6) is -5.68. The van der Waals surface area contributed by atoms with Gasteiger partial charge in [-0.25, -0.2) is 4.79 Å². The second kappa shape index (κ2) is 7.86. The molecule has 1 saturated heterocycles. The minimum atomic E-state index is -4.20. The SMILES string of the molecule is CC(C)CCN1C(=O)C(C2=NS(=O)(=O)c3ccccc3N2)C(=O)N(CC(=O)O)C1=O. The smallest absolute Gasteiger partial charge is 0.333 e. The van der Waals surface area contributed by atoms with Crippen LogP contribution in [0.5, 0.6) is 0 Å². The topological polar surface area (TPSA) is 154 Å². The van der Waals surface area contributed by atoms with E-state index in [-0.39, 0.29) is 23.0 Å². The van der Waals surface area contributed by atoms with Gasteiger partial charge in [-0.2, -0.15) is 8.42 Å². The maximum absolute atomic E-state index is 13.0. The Morgan fingerprint density at radius 3 is 2.43 bits per heavy atom. The molecule has 11 nitrogen and oxygen atoms in total. The Bertz CT molecular complexity index is 1060. The maximum Gasteiger partial charge on any atom is 0.333 e. The normalized spacial score (nSPS) is 20.7. The number of carboxylic acid groups (broad SMARTS) is 1. The van der Waals surface area contributed by atoms with E-state index in [1.165, 1.54) is 18.2 Å². The van der Waals surface area contributed by atoms with Gasteiger partial charge in [0, 0.05) is 6.54 Å². The third-order valence-electron chi connectivity index (χ3n) is 4.63. The van der Waals surface area contributed by atoms with Crippen LogP contribution in [0.3, 0.4) is 0 Å². The van der Waals surface area contributed by atoms with E-state index >= 15 is 0 Å². The highest BCUT2D eigenvalue weighted by atomic mass is 32.2. The molecule has 0 spiro atoms. The number of carbonyl (C=O) groups excluding carboxylic acids is 3. The van der Waals surface area contributed by atoms with Crippen LogP contribution in [0.2, 0.25) is 0 Å². The summed E-state index contributed by atoms with van der Waals surface area (Å²) in [5.41, 5.74) is 0.124. The molecule has 12 heteroatoms. The molecule has 0 aliphatic carbocycles. The summed E-state index contributed by atoms with van der Waals surface area (Å²) in [6, 6.07) is 4.76. The van der Waals surface area contributed by atoms with E-state index in [0.29, 0.717) is 11.3 Å². The number of rotatable bonds is 6. The van der Waals surface area contributed by atoms with Crippen LogP contribution in [0.25, 0.3) is 0 Å². The zero-order valence-corrected chi connectivity index (χ0v) is 17.0. The van der Waals surface area contributed by atoms with Gasteiger partial charge in [0.1, 0.15) is 17.3 Å². The summed E-state index contributed by atoms with van der Waals surface area (Å²) in [6.07, 6.45) is 0.417. The number of carboxylic acids is 1. The van der Waals surface area contributed by atoms with Crippen molar-refractivity contribution in [1.29, 1.82) is 0 Å². The first-order chi connectivity index (χ1) is 14.0. The largest absolute Gasteiger partial charge is 0.480 e. The molecule has 160 valence electrons. The quantitative estimate of drug-likeness (QED) is 0.619. The molecule has 3 rings (SSSR count). The Kier molecular flexibility index (Phi) is 5.61. The molecule has 1 fully saturated rings. The zero-order chi connectivity index (χ0) is 22.2. The van der Waals surface area contributed by atoms with Gasteiger partial charge in [0.25, 0.3) is 21.8 Å². The number of carbonyl (C=O) groups is 4. The highest BCUT2D eigenvalue weighted by molar-refractivity contribution is 7.90. The van der Waals surface area contributed by atoms with E-state index in [1.807, 2.05) is 13.8 Å². The van der Waals surface area contributed by atoms with Crippen LogP contribution in [0.15, 0.2) is 33.6 Å². The lowest BCUT2D eigenvalue weighted by Gasteiger charge is -2.37. The summed E-state index contributed by atoms with van der Waals surface area (Å²) < 4.78 is 28.6. The van der Waals surface area contributed by atoms with E-state index in [1.54, 1.807) is 6.07 Å². The van der Waals surface area contributed by atoms with Gasteiger partial charge in [-0.05, 0) is 24.5 Å². The molecule has 0 radical (unpaired) electrons. The van der Waals surface area contributed by atoms with Crippen molar-refractivity contribution in [2.45, 2.75) is 25.2 Å². The van der Waals surface area contributed by atoms with E-state index in [0.717, 1.165) is 4.90 Å². The molecule has 2 heterocycles. The molecule has 1 atom stereocenters. The minimum Gasteiger partial charge on any atom is -0.480 e. The molecule has 0 saturated carbocycles. The number of fused-ring (bicyclic) bond motifs is 1. The number of para-hydroxylation sites is 1. The monoisotopic (exact) mass is 436 g/mol. The van der Waals surface area contributed by atoms with Crippen molar-refractivity contribution in [3.8, 4) is 0 Å². The standard InChI is InChI=1S/C18H20N4O7S/c1-10(2)7-8-21-16(25)14(17(26)22(18(21)27)9-13(23)24)15-19-11-5-3-4-6-12(11)30(28,29)20-15/h3-6,10,14H,7-9H2,1-2H3,(H,19,20)(H,23,24). The average Bonchev–Trinajstić information content (AvgIpc) is 2.64. The van der Waals surface area contributed by atoms with Crippen molar-refractivity contribution in [1.82, 2.24) is 9.80 Å². The summed E-state index contributed by atoms with van der Waals surface area (Å²) >= 11 is 0. The molecular formula is C18H20N4O7S. The average molecular weight is 436 g/mol.